The van der Waals surface area contributed by atoms with Gasteiger partial charge in [-0.3, -0.25) is 9.59 Å². The van der Waals surface area contributed by atoms with E-state index < -0.39 is 0 Å². The Balaban J connectivity index is 1.77. The summed E-state index contributed by atoms with van der Waals surface area (Å²) in [6.07, 6.45) is 1.32. The largest absolute Gasteiger partial charge is 0.497 e. The van der Waals surface area contributed by atoms with Crippen molar-refractivity contribution >= 4 is 23.0 Å². The number of aromatic amines is 1. The van der Waals surface area contributed by atoms with Crippen LogP contribution in [-0.4, -0.2) is 24.2 Å². The molecule has 0 spiro atoms. The van der Waals surface area contributed by atoms with Crippen LogP contribution in [0.2, 0.25) is 0 Å². The Morgan fingerprint density at radius 1 is 1.17 bits per heavy atom. The zero-order valence-electron chi connectivity index (χ0n) is 12.9. The summed E-state index contributed by atoms with van der Waals surface area (Å²) >= 11 is 0. The normalized spacial score (nSPS) is 10.9. The number of hydrazone groups is 1. The summed E-state index contributed by atoms with van der Waals surface area (Å²) in [5.74, 6) is 0.194. The Morgan fingerprint density at radius 2 is 2.00 bits per heavy atom. The lowest BCUT2D eigenvalue weighted by atomic mass is 10.2. The highest BCUT2D eigenvalue weighted by atomic mass is 16.5. The van der Waals surface area contributed by atoms with Crippen LogP contribution < -0.4 is 15.7 Å². The van der Waals surface area contributed by atoms with Gasteiger partial charge in [0.1, 0.15) is 5.75 Å². The molecule has 3 rings (SSSR count). The van der Waals surface area contributed by atoms with E-state index in [9.17, 15) is 9.59 Å². The number of nitrogens with zero attached hydrogens (tertiary/aromatic N) is 1. The standard InChI is InChI=1S/C18H15N3O3/c1-24-15-7-4-6-13(10-15)18(23)21-19-11-14-9-12-5-2-3-8-16(12)20-17(14)22/h2-11H,1H3,(H,20,22)(H,21,23)/b19-11-. The van der Waals surface area contributed by atoms with E-state index in [1.807, 2.05) is 24.3 Å². The van der Waals surface area contributed by atoms with Crippen LogP contribution in [0.5, 0.6) is 5.75 Å². The Morgan fingerprint density at radius 3 is 2.83 bits per heavy atom. The molecule has 0 atom stereocenters. The minimum absolute atomic E-state index is 0.270. The van der Waals surface area contributed by atoms with Crippen LogP contribution in [0, 0.1) is 0 Å². The summed E-state index contributed by atoms with van der Waals surface area (Å²) in [6, 6.07) is 15.9. The molecule has 0 aliphatic rings. The SMILES string of the molecule is COc1cccc(C(=O)N/N=C\c2cc3ccccc3[nH]c2=O)c1. The van der Waals surface area contributed by atoms with E-state index >= 15 is 0 Å². The lowest BCUT2D eigenvalue weighted by Crippen LogP contribution is -2.19. The minimum Gasteiger partial charge on any atom is -0.497 e. The van der Waals surface area contributed by atoms with Gasteiger partial charge in [0.2, 0.25) is 0 Å². The molecule has 24 heavy (non-hydrogen) atoms. The molecule has 1 heterocycles. The molecule has 0 saturated heterocycles. The number of rotatable bonds is 4. The molecular weight excluding hydrogens is 306 g/mol. The maximum atomic E-state index is 12.0. The predicted molar refractivity (Wildman–Crippen MR) is 92.6 cm³/mol. The third-order valence-corrected chi connectivity index (χ3v) is 3.48. The highest BCUT2D eigenvalue weighted by Crippen LogP contribution is 2.12. The van der Waals surface area contributed by atoms with Crippen molar-refractivity contribution < 1.29 is 9.53 Å². The monoisotopic (exact) mass is 321 g/mol. The predicted octanol–water partition coefficient (Wildman–Crippen LogP) is 2.30. The first kappa shape index (κ1) is 15.5. The van der Waals surface area contributed by atoms with Gasteiger partial charge in [-0.2, -0.15) is 5.10 Å². The Bertz CT molecular complexity index is 976. The van der Waals surface area contributed by atoms with E-state index in [1.54, 1.807) is 30.3 Å². The van der Waals surface area contributed by atoms with Gasteiger partial charge in [-0.1, -0.05) is 24.3 Å². The van der Waals surface area contributed by atoms with E-state index in [0.29, 0.717) is 16.9 Å². The van der Waals surface area contributed by atoms with Crippen molar-refractivity contribution in [2.45, 2.75) is 0 Å². The third kappa shape index (κ3) is 3.33. The van der Waals surface area contributed by atoms with Crippen LogP contribution in [-0.2, 0) is 0 Å². The Labute approximate surface area is 137 Å². The van der Waals surface area contributed by atoms with Crippen molar-refractivity contribution in [2.75, 3.05) is 7.11 Å². The first-order chi connectivity index (χ1) is 11.7. The molecule has 0 radical (unpaired) electrons. The van der Waals surface area contributed by atoms with E-state index in [0.717, 1.165) is 10.9 Å². The fourth-order valence-corrected chi connectivity index (χ4v) is 2.25. The molecule has 0 unspecified atom stereocenters. The molecule has 0 saturated carbocycles. The molecule has 0 aliphatic heterocycles. The highest BCUT2D eigenvalue weighted by Gasteiger charge is 2.05. The summed E-state index contributed by atoms with van der Waals surface area (Å²) in [5, 5.41) is 4.74. The van der Waals surface area contributed by atoms with Crippen molar-refractivity contribution in [2.24, 2.45) is 5.10 Å². The smallest absolute Gasteiger partial charge is 0.271 e. The number of ether oxygens (including phenoxy) is 1. The number of hydrogen-bond donors (Lipinski definition) is 2. The van der Waals surface area contributed by atoms with Gasteiger partial charge in [-0.15, -0.1) is 0 Å². The third-order valence-electron chi connectivity index (χ3n) is 3.48. The molecule has 3 aromatic rings. The fraction of sp³-hybridized carbons (Fsp3) is 0.0556. The summed E-state index contributed by atoms with van der Waals surface area (Å²) in [5.41, 5.74) is 3.65. The Kier molecular flexibility index (Phi) is 4.38. The lowest BCUT2D eigenvalue weighted by Gasteiger charge is -2.03. The molecule has 0 bridgehead atoms. The second kappa shape index (κ2) is 6.78. The molecule has 2 N–H and O–H groups in total. The maximum Gasteiger partial charge on any atom is 0.271 e. The van der Waals surface area contributed by atoms with Crippen LogP contribution >= 0.6 is 0 Å². The number of nitrogens with one attached hydrogen (secondary N) is 2. The van der Waals surface area contributed by atoms with Crippen molar-refractivity contribution in [3.8, 4) is 5.75 Å². The minimum atomic E-state index is -0.387. The van der Waals surface area contributed by atoms with Gasteiger partial charge in [0, 0.05) is 11.1 Å². The van der Waals surface area contributed by atoms with Crippen LogP contribution in [0.15, 0.2) is 64.5 Å². The number of H-pyrrole nitrogens is 1. The van der Waals surface area contributed by atoms with Gasteiger partial charge < -0.3 is 9.72 Å². The first-order valence-corrected chi connectivity index (χ1v) is 7.27. The number of fused-ring (bicyclic) bond motifs is 1. The maximum absolute atomic E-state index is 12.0. The number of para-hydroxylation sites is 1. The van der Waals surface area contributed by atoms with Crippen LogP contribution in [0.4, 0.5) is 0 Å². The van der Waals surface area contributed by atoms with E-state index in [2.05, 4.69) is 15.5 Å². The molecule has 0 aliphatic carbocycles. The quantitative estimate of drug-likeness (QED) is 0.571. The number of benzene rings is 2. The summed E-state index contributed by atoms with van der Waals surface area (Å²) in [4.78, 5) is 26.8. The van der Waals surface area contributed by atoms with Gasteiger partial charge in [-0.05, 0) is 35.7 Å². The molecule has 6 heteroatoms. The number of pyridine rings is 1. The van der Waals surface area contributed by atoms with E-state index in [4.69, 9.17) is 4.74 Å². The van der Waals surface area contributed by atoms with Crippen molar-refractivity contribution in [1.29, 1.82) is 0 Å². The number of hydrogen-bond acceptors (Lipinski definition) is 4. The number of aromatic nitrogens is 1. The second-order valence-electron chi connectivity index (χ2n) is 5.07. The molecule has 6 nitrogen and oxygen atoms in total. The summed E-state index contributed by atoms with van der Waals surface area (Å²) < 4.78 is 5.07. The second-order valence-corrected chi connectivity index (χ2v) is 5.07. The fourth-order valence-electron chi connectivity index (χ4n) is 2.25. The molecule has 1 aromatic heterocycles. The van der Waals surface area contributed by atoms with E-state index in [1.165, 1.54) is 13.3 Å². The number of methoxy groups -OCH3 is 1. The van der Waals surface area contributed by atoms with Gasteiger partial charge in [0.05, 0.1) is 18.9 Å². The topological polar surface area (TPSA) is 83.5 Å². The molecule has 2 aromatic carbocycles. The molecule has 1 amide bonds. The van der Waals surface area contributed by atoms with Gasteiger partial charge in [-0.25, -0.2) is 5.43 Å². The zero-order valence-corrected chi connectivity index (χ0v) is 12.9. The molecule has 0 fully saturated rings. The zero-order chi connectivity index (χ0) is 16.9. The highest BCUT2D eigenvalue weighted by molar-refractivity contribution is 5.95. The number of carbonyl (C=O) groups is 1. The van der Waals surface area contributed by atoms with Crippen molar-refractivity contribution in [3.63, 3.8) is 0 Å². The number of carbonyl (C=O) groups excluding carboxylic acids is 1. The number of amides is 1. The summed E-state index contributed by atoms with van der Waals surface area (Å²) in [6.45, 7) is 0. The van der Waals surface area contributed by atoms with E-state index in [-0.39, 0.29) is 11.5 Å². The van der Waals surface area contributed by atoms with Gasteiger partial charge in [0.15, 0.2) is 0 Å². The van der Waals surface area contributed by atoms with Crippen molar-refractivity contribution in [1.82, 2.24) is 10.4 Å². The van der Waals surface area contributed by atoms with Crippen LogP contribution in [0.25, 0.3) is 10.9 Å². The molecular formula is C18H15N3O3. The van der Waals surface area contributed by atoms with Gasteiger partial charge in [0.25, 0.3) is 11.5 Å². The average molecular weight is 321 g/mol. The molecule has 120 valence electrons. The van der Waals surface area contributed by atoms with Crippen LogP contribution in [0.1, 0.15) is 15.9 Å². The van der Waals surface area contributed by atoms with Crippen LogP contribution in [0.3, 0.4) is 0 Å². The lowest BCUT2D eigenvalue weighted by molar-refractivity contribution is 0.0955. The Hall–Kier alpha value is -3.41. The summed E-state index contributed by atoms with van der Waals surface area (Å²) in [7, 11) is 1.53. The van der Waals surface area contributed by atoms with Crippen molar-refractivity contribution in [3.05, 3.63) is 76.1 Å². The first-order valence-electron chi connectivity index (χ1n) is 7.27. The average Bonchev–Trinajstić information content (AvgIpc) is 2.62. The van der Waals surface area contributed by atoms with Gasteiger partial charge >= 0.3 is 0 Å².